The summed E-state index contributed by atoms with van der Waals surface area (Å²) >= 11 is 1.62. The average molecular weight is 325 g/mol. The minimum Gasteiger partial charge on any atom is -0.392 e. The highest BCUT2D eigenvalue weighted by atomic mass is 127. The minimum absolute atomic E-state index is 0.0833. The number of hydrogen-bond acceptors (Lipinski definition) is 6. The minimum atomic E-state index is -0.754. The molecule has 0 atom stereocenters. The zero-order valence-corrected chi connectivity index (χ0v) is 9.20. The van der Waals surface area contributed by atoms with Crippen LogP contribution in [0.4, 0.5) is 11.4 Å². The quantitative estimate of drug-likeness (QED) is 0.391. The van der Waals surface area contributed by atoms with E-state index in [1.165, 1.54) is 0 Å². The van der Waals surface area contributed by atoms with E-state index >= 15 is 0 Å². The van der Waals surface area contributed by atoms with Gasteiger partial charge in [0.15, 0.2) is 0 Å². The molecule has 0 unspecified atom stereocenters. The lowest BCUT2D eigenvalue weighted by Gasteiger charge is -2.01. The van der Waals surface area contributed by atoms with Crippen LogP contribution in [0.1, 0.15) is 0 Å². The van der Waals surface area contributed by atoms with Gasteiger partial charge in [0.1, 0.15) is 0 Å². The smallest absolute Gasteiger partial charge is 0.320 e. The van der Waals surface area contributed by atoms with Crippen molar-refractivity contribution in [2.75, 3.05) is 0 Å². The third kappa shape index (κ3) is 2.73. The maximum Gasteiger partial charge on any atom is 0.320 e. The van der Waals surface area contributed by atoms with E-state index in [0.717, 1.165) is 18.2 Å². The Morgan fingerprint density at radius 2 is 1.93 bits per heavy atom. The SMILES string of the molecule is O=[N+]([O-])c1ccc(ONI)c([N+](=O)[O-])c1. The van der Waals surface area contributed by atoms with Gasteiger partial charge in [0, 0.05) is 6.07 Å². The van der Waals surface area contributed by atoms with Crippen LogP contribution < -0.4 is 8.53 Å². The predicted octanol–water partition coefficient (Wildman–Crippen LogP) is 1.74. The number of benzene rings is 1. The zero-order chi connectivity index (χ0) is 11.4. The first-order valence-electron chi connectivity index (χ1n) is 3.51. The fraction of sp³-hybridized carbons (Fsp3) is 0. The van der Waals surface area contributed by atoms with Gasteiger partial charge in [0.25, 0.3) is 5.69 Å². The van der Waals surface area contributed by atoms with E-state index < -0.39 is 15.5 Å². The Kier molecular flexibility index (Phi) is 3.74. The first-order chi connectivity index (χ1) is 7.06. The number of rotatable bonds is 4. The van der Waals surface area contributed by atoms with E-state index in [1.807, 2.05) is 0 Å². The number of nitrogens with zero attached hydrogens (tertiary/aromatic N) is 2. The third-order valence-electron chi connectivity index (χ3n) is 1.50. The average Bonchev–Trinajstić information content (AvgIpc) is 2.18. The summed E-state index contributed by atoms with van der Waals surface area (Å²) < 4.78 is 2.22. The van der Waals surface area contributed by atoms with Gasteiger partial charge in [-0.25, -0.2) is 0 Å². The Morgan fingerprint density at radius 3 is 2.40 bits per heavy atom. The summed E-state index contributed by atoms with van der Waals surface area (Å²) in [7, 11) is 0. The molecule has 0 aliphatic carbocycles. The van der Waals surface area contributed by atoms with Gasteiger partial charge in [0.2, 0.25) is 5.75 Å². The molecule has 0 amide bonds. The Morgan fingerprint density at radius 1 is 1.27 bits per heavy atom. The van der Waals surface area contributed by atoms with Crippen LogP contribution in [0.2, 0.25) is 0 Å². The molecule has 0 saturated heterocycles. The zero-order valence-electron chi connectivity index (χ0n) is 7.05. The van der Waals surface area contributed by atoms with E-state index in [0.29, 0.717) is 0 Å². The van der Waals surface area contributed by atoms with Crippen molar-refractivity contribution in [1.82, 2.24) is 3.69 Å². The Hall–Kier alpha value is -1.49. The number of nitro benzene ring substituents is 2. The topological polar surface area (TPSA) is 108 Å². The second-order valence-corrected chi connectivity index (χ2v) is 2.79. The molecule has 15 heavy (non-hydrogen) atoms. The predicted molar refractivity (Wildman–Crippen MR) is 57.5 cm³/mol. The molecule has 0 bridgehead atoms. The van der Waals surface area contributed by atoms with Gasteiger partial charge in [-0.15, -0.1) is 0 Å². The van der Waals surface area contributed by atoms with Crippen molar-refractivity contribution in [1.29, 1.82) is 0 Å². The van der Waals surface area contributed by atoms with E-state index in [9.17, 15) is 20.2 Å². The number of nitrogens with one attached hydrogen (secondary N) is 1. The molecule has 1 aromatic rings. The molecule has 80 valence electrons. The molecule has 0 fully saturated rings. The largest absolute Gasteiger partial charge is 0.392 e. The van der Waals surface area contributed by atoms with E-state index in [2.05, 4.69) is 3.69 Å². The number of non-ortho nitro benzene ring substituents is 1. The molecule has 0 aliphatic heterocycles. The Balaban J connectivity index is 3.20. The molecule has 0 spiro atoms. The lowest BCUT2D eigenvalue weighted by atomic mass is 10.2. The highest BCUT2D eigenvalue weighted by molar-refractivity contribution is 14.1. The summed E-state index contributed by atoms with van der Waals surface area (Å²) in [6.07, 6.45) is 0. The number of halogens is 1. The molecule has 9 heteroatoms. The first-order valence-corrected chi connectivity index (χ1v) is 4.59. The molecule has 0 heterocycles. The fourth-order valence-corrected chi connectivity index (χ4v) is 1.13. The van der Waals surface area contributed by atoms with Gasteiger partial charge in [-0.05, 0) is 6.07 Å². The normalized spacial score (nSPS) is 9.67. The van der Waals surface area contributed by atoms with Crippen molar-refractivity contribution in [3.8, 4) is 5.75 Å². The molecule has 0 radical (unpaired) electrons. The van der Waals surface area contributed by atoms with Crippen molar-refractivity contribution < 1.29 is 14.7 Å². The summed E-state index contributed by atoms with van der Waals surface area (Å²) in [6.45, 7) is 0. The third-order valence-corrected chi connectivity index (χ3v) is 1.72. The summed E-state index contributed by atoms with van der Waals surface area (Å²) in [4.78, 5) is 24.2. The first kappa shape index (κ1) is 11.6. The van der Waals surface area contributed by atoms with E-state index in [1.54, 1.807) is 22.9 Å². The molecular weight excluding hydrogens is 321 g/mol. The maximum atomic E-state index is 10.5. The second kappa shape index (κ2) is 4.84. The molecule has 1 aromatic carbocycles. The van der Waals surface area contributed by atoms with E-state index in [4.69, 9.17) is 4.84 Å². The summed E-state index contributed by atoms with van der Waals surface area (Å²) in [6, 6.07) is 3.11. The number of nitro groups is 2. The highest BCUT2D eigenvalue weighted by Gasteiger charge is 2.20. The summed E-state index contributed by atoms with van der Waals surface area (Å²) in [5.74, 6) is -0.0833. The van der Waals surface area contributed by atoms with Crippen molar-refractivity contribution >= 4 is 34.2 Å². The van der Waals surface area contributed by atoms with Crippen LogP contribution in [-0.2, 0) is 0 Å². The molecule has 0 aliphatic rings. The van der Waals surface area contributed by atoms with Crippen molar-refractivity contribution in [2.45, 2.75) is 0 Å². The van der Waals surface area contributed by atoms with Crippen LogP contribution in [-0.4, -0.2) is 9.85 Å². The van der Waals surface area contributed by atoms with Gasteiger partial charge >= 0.3 is 5.69 Å². The number of hydrogen-bond donors (Lipinski definition) is 1. The van der Waals surface area contributed by atoms with Gasteiger partial charge in [-0.3, -0.25) is 20.2 Å². The van der Waals surface area contributed by atoms with Gasteiger partial charge < -0.3 is 4.84 Å². The van der Waals surface area contributed by atoms with Crippen LogP contribution in [0.15, 0.2) is 18.2 Å². The molecule has 0 aromatic heterocycles. The van der Waals surface area contributed by atoms with Crippen molar-refractivity contribution in [3.63, 3.8) is 0 Å². The van der Waals surface area contributed by atoms with Crippen molar-refractivity contribution in [3.05, 3.63) is 38.4 Å². The summed E-state index contributed by atoms with van der Waals surface area (Å²) in [5.41, 5.74) is -0.823. The van der Waals surface area contributed by atoms with E-state index in [-0.39, 0.29) is 11.4 Å². The van der Waals surface area contributed by atoms with Crippen LogP contribution in [0, 0.1) is 20.2 Å². The lowest BCUT2D eigenvalue weighted by molar-refractivity contribution is -0.394. The van der Waals surface area contributed by atoms with Gasteiger partial charge in [0.05, 0.1) is 38.8 Å². The van der Waals surface area contributed by atoms with Crippen LogP contribution in [0.5, 0.6) is 5.75 Å². The van der Waals surface area contributed by atoms with Crippen LogP contribution in [0.3, 0.4) is 0 Å². The fourth-order valence-electron chi connectivity index (χ4n) is 0.890. The standard InChI is InChI=1S/C6H4IN3O5/c7-8-15-6-2-1-4(9(11)12)3-5(6)10(13)14/h1-3,8H. The van der Waals surface area contributed by atoms with Gasteiger partial charge in [-0.1, -0.05) is 3.69 Å². The van der Waals surface area contributed by atoms with Gasteiger partial charge in [-0.2, -0.15) is 0 Å². The second-order valence-electron chi connectivity index (χ2n) is 2.35. The van der Waals surface area contributed by atoms with Crippen LogP contribution in [0.25, 0.3) is 0 Å². The maximum absolute atomic E-state index is 10.5. The molecular formula is C6H4IN3O5. The molecule has 1 N–H and O–H groups in total. The molecule has 8 nitrogen and oxygen atoms in total. The molecule has 0 saturated carbocycles. The monoisotopic (exact) mass is 325 g/mol. The molecule has 1 rings (SSSR count). The highest BCUT2D eigenvalue weighted by Crippen LogP contribution is 2.30. The Bertz CT molecular complexity index is 410. The lowest BCUT2D eigenvalue weighted by Crippen LogP contribution is -2.05. The van der Waals surface area contributed by atoms with Crippen molar-refractivity contribution in [2.24, 2.45) is 0 Å². The van der Waals surface area contributed by atoms with Crippen LogP contribution >= 0.6 is 22.9 Å². The Labute approximate surface area is 97.0 Å². The summed E-state index contributed by atoms with van der Waals surface area (Å²) in [5, 5.41) is 20.9.